The maximum Gasteiger partial charge on any atom is 0.0700 e. The fourth-order valence-corrected chi connectivity index (χ4v) is 2.43. The topological polar surface area (TPSA) is 30.5 Å². The molecule has 0 aromatic rings. The standard InChI is InChI=1S/C15H31NO2/c1-4-8-15(2,13-16-14-6-7-14)9-5-10-18-12-11-17-3/h14,16H,4-13H2,1-3H3. The molecule has 0 amide bonds. The second kappa shape index (κ2) is 8.89. The number of hydrogen-bond donors (Lipinski definition) is 1. The summed E-state index contributed by atoms with van der Waals surface area (Å²) < 4.78 is 10.5. The Labute approximate surface area is 113 Å². The average Bonchev–Trinajstić information content (AvgIpc) is 3.16. The molecule has 1 aliphatic carbocycles. The molecule has 0 spiro atoms. The third-order valence-electron chi connectivity index (χ3n) is 3.75. The predicted molar refractivity (Wildman–Crippen MR) is 76.0 cm³/mol. The molecule has 1 fully saturated rings. The second-order valence-electron chi connectivity index (χ2n) is 5.92. The zero-order valence-electron chi connectivity index (χ0n) is 12.5. The zero-order valence-corrected chi connectivity index (χ0v) is 12.5. The molecule has 3 nitrogen and oxygen atoms in total. The van der Waals surface area contributed by atoms with Gasteiger partial charge in [0.1, 0.15) is 0 Å². The lowest BCUT2D eigenvalue weighted by Crippen LogP contribution is -2.33. The summed E-state index contributed by atoms with van der Waals surface area (Å²) in [4.78, 5) is 0. The van der Waals surface area contributed by atoms with Gasteiger partial charge in [0.25, 0.3) is 0 Å². The Morgan fingerprint density at radius 2 is 1.94 bits per heavy atom. The van der Waals surface area contributed by atoms with Crippen LogP contribution in [0.2, 0.25) is 0 Å². The largest absolute Gasteiger partial charge is 0.382 e. The minimum atomic E-state index is 0.446. The third kappa shape index (κ3) is 7.34. The van der Waals surface area contributed by atoms with Crippen LogP contribution in [0.15, 0.2) is 0 Å². The first-order valence-corrected chi connectivity index (χ1v) is 7.50. The molecule has 1 unspecified atom stereocenters. The smallest absolute Gasteiger partial charge is 0.0700 e. The summed E-state index contributed by atoms with van der Waals surface area (Å²) in [5.74, 6) is 0. The molecular weight excluding hydrogens is 226 g/mol. The van der Waals surface area contributed by atoms with Gasteiger partial charge in [0, 0.05) is 26.3 Å². The molecule has 1 saturated carbocycles. The Hall–Kier alpha value is -0.120. The number of nitrogens with one attached hydrogen (secondary N) is 1. The SMILES string of the molecule is CCCC(C)(CCCOCCOC)CNC1CC1. The van der Waals surface area contributed by atoms with E-state index in [1.165, 1.54) is 38.6 Å². The normalized spacial score (nSPS) is 18.8. The molecule has 0 radical (unpaired) electrons. The predicted octanol–water partition coefficient (Wildman–Crippen LogP) is 2.99. The van der Waals surface area contributed by atoms with E-state index < -0.39 is 0 Å². The van der Waals surface area contributed by atoms with Gasteiger partial charge in [-0.15, -0.1) is 0 Å². The maximum absolute atomic E-state index is 5.54. The first-order chi connectivity index (χ1) is 8.70. The van der Waals surface area contributed by atoms with Gasteiger partial charge in [-0.25, -0.2) is 0 Å². The number of ether oxygens (including phenoxy) is 2. The average molecular weight is 257 g/mol. The van der Waals surface area contributed by atoms with Crippen molar-refractivity contribution < 1.29 is 9.47 Å². The maximum atomic E-state index is 5.54. The van der Waals surface area contributed by atoms with Crippen molar-refractivity contribution in [1.29, 1.82) is 0 Å². The van der Waals surface area contributed by atoms with Crippen molar-refractivity contribution in [2.45, 2.75) is 58.4 Å². The van der Waals surface area contributed by atoms with Crippen LogP contribution in [0.5, 0.6) is 0 Å². The van der Waals surface area contributed by atoms with Crippen LogP contribution in [0.4, 0.5) is 0 Å². The minimum absolute atomic E-state index is 0.446. The summed E-state index contributed by atoms with van der Waals surface area (Å²) in [5, 5.41) is 3.68. The van der Waals surface area contributed by atoms with E-state index in [4.69, 9.17) is 9.47 Å². The van der Waals surface area contributed by atoms with Gasteiger partial charge in [-0.2, -0.15) is 0 Å². The van der Waals surface area contributed by atoms with Crippen molar-refractivity contribution >= 4 is 0 Å². The van der Waals surface area contributed by atoms with Gasteiger partial charge in [0.05, 0.1) is 13.2 Å². The summed E-state index contributed by atoms with van der Waals surface area (Å²) in [6.45, 7) is 8.16. The Balaban J connectivity index is 2.10. The van der Waals surface area contributed by atoms with Crippen molar-refractivity contribution in [3.63, 3.8) is 0 Å². The van der Waals surface area contributed by atoms with E-state index in [-0.39, 0.29) is 0 Å². The number of methoxy groups -OCH3 is 1. The molecule has 0 saturated heterocycles. The molecule has 18 heavy (non-hydrogen) atoms. The molecular formula is C15H31NO2. The Kier molecular flexibility index (Phi) is 7.87. The lowest BCUT2D eigenvalue weighted by molar-refractivity contribution is 0.0635. The summed E-state index contributed by atoms with van der Waals surface area (Å²) in [6, 6.07) is 0.819. The highest BCUT2D eigenvalue weighted by Gasteiger charge is 2.27. The van der Waals surface area contributed by atoms with Crippen LogP contribution >= 0.6 is 0 Å². The molecule has 1 rings (SSSR count). The van der Waals surface area contributed by atoms with Crippen LogP contribution in [0.25, 0.3) is 0 Å². The first kappa shape index (κ1) is 15.9. The van der Waals surface area contributed by atoms with E-state index in [1.807, 2.05) is 0 Å². The third-order valence-corrected chi connectivity index (χ3v) is 3.75. The van der Waals surface area contributed by atoms with Gasteiger partial charge < -0.3 is 14.8 Å². The lowest BCUT2D eigenvalue weighted by atomic mass is 9.81. The van der Waals surface area contributed by atoms with E-state index in [1.54, 1.807) is 7.11 Å². The lowest BCUT2D eigenvalue weighted by Gasteiger charge is -2.30. The van der Waals surface area contributed by atoms with Crippen LogP contribution < -0.4 is 5.32 Å². The molecule has 0 aromatic carbocycles. The summed E-state index contributed by atoms with van der Waals surface area (Å²) in [7, 11) is 1.71. The molecule has 1 N–H and O–H groups in total. The van der Waals surface area contributed by atoms with Gasteiger partial charge in [0.15, 0.2) is 0 Å². The van der Waals surface area contributed by atoms with Gasteiger partial charge in [-0.1, -0.05) is 20.3 Å². The fourth-order valence-electron chi connectivity index (χ4n) is 2.43. The molecule has 0 aromatic heterocycles. The van der Waals surface area contributed by atoms with Crippen LogP contribution in [0.3, 0.4) is 0 Å². The highest BCUT2D eigenvalue weighted by Crippen LogP contribution is 2.30. The van der Waals surface area contributed by atoms with E-state index in [0.717, 1.165) is 25.7 Å². The summed E-state index contributed by atoms with van der Waals surface area (Å²) in [6.07, 6.45) is 7.75. The van der Waals surface area contributed by atoms with E-state index >= 15 is 0 Å². The van der Waals surface area contributed by atoms with Crippen molar-refractivity contribution in [1.82, 2.24) is 5.32 Å². The van der Waals surface area contributed by atoms with Crippen molar-refractivity contribution in [3.8, 4) is 0 Å². The summed E-state index contributed by atoms with van der Waals surface area (Å²) >= 11 is 0. The van der Waals surface area contributed by atoms with Crippen LogP contribution in [-0.4, -0.2) is 39.5 Å². The van der Waals surface area contributed by atoms with Crippen LogP contribution in [-0.2, 0) is 9.47 Å². The fraction of sp³-hybridized carbons (Fsp3) is 1.00. The Morgan fingerprint density at radius 3 is 2.56 bits per heavy atom. The first-order valence-electron chi connectivity index (χ1n) is 7.50. The van der Waals surface area contributed by atoms with Crippen molar-refractivity contribution in [2.75, 3.05) is 33.5 Å². The quantitative estimate of drug-likeness (QED) is 0.545. The summed E-state index contributed by atoms with van der Waals surface area (Å²) in [5.41, 5.74) is 0.446. The van der Waals surface area contributed by atoms with Gasteiger partial charge >= 0.3 is 0 Å². The monoisotopic (exact) mass is 257 g/mol. The van der Waals surface area contributed by atoms with Crippen molar-refractivity contribution in [3.05, 3.63) is 0 Å². The second-order valence-corrected chi connectivity index (χ2v) is 5.92. The highest BCUT2D eigenvalue weighted by molar-refractivity contribution is 4.85. The number of rotatable bonds is 12. The van der Waals surface area contributed by atoms with Gasteiger partial charge in [-0.05, 0) is 37.5 Å². The minimum Gasteiger partial charge on any atom is -0.382 e. The number of hydrogen-bond acceptors (Lipinski definition) is 3. The molecule has 0 aliphatic heterocycles. The van der Waals surface area contributed by atoms with E-state index in [0.29, 0.717) is 12.0 Å². The Morgan fingerprint density at radius 1 is 1.17 bits per heavy atom. The molecule has 3 heteroatoms. The molecule has 0 bridgehead atoms. The van der Waals surface area contributed by atoms with Crippen molar-refractivity contribution in [2.24, 2.45) is 5.41 Å². The van der Waals surface area contributed by atoms with E-state index in [9.17, 15) is 0 Å². The van der Waals surface area contributed by atoms with Crippen LogP contribution in [0.1, 0.15) is 52.4 Å². The highest BCUT2D eigenvalue weighted by atomic mass is 16.5. The van der Waals surface area contributed by atoms with Gasteiger partial charge in [-0.3, -0.25) is 0 Å². The molecule has 1 atom stereocenters. The Bertz CT molecular complexity index is 207. The molecule has 1 aliphatic rings. The van der Waals surface area contributed by atoms with Gasteiger partial charge in [0.2, 0.25) is 0 Å². The molecule has 108 valence electrons. The zero-order chi connectivity index (χ0) is 13.3. The molecule has 0 heterocycles. The van der Waals surface area contributed by atoms with E-state index in [2.05, 4.69) is 19.2 Å². The van der Waals surface area contributed by atoms with Crippen LogP contribution in [0, 0.1) is 5.41 Å².